The molecular weight excluding hydrogens is 202 g/mol. The minimum absolute atomic E-state index is 0.000359. The Morgan fingerprint density at radius 3 is 2.75 bits per heavy atom. The number of rotatable bonds is 3. The highest BCUT2D eigenvalue weighted by atomic mass is 16.3. The monoisotopic (exact) mass is 221 g/mol. The zero-order chi connectivity index (χ0) is 11.7. The lowest BCUT2D eigenvalue weighted by Crippen LogP contribution is -2.40. The molecule has 3 heteroatoms. The van der Waals surface area contributed by atoms with Gasteiger partial charge in [0.1, 0.15) is 0 Å². The van der Waals surface area contributed by atoms with Crippen molar-refractivity contribution in [3.63, 3.8) is 0 Å². The summed E-state index contributed by atoms with van der Waals surface area (Å²) in [6, 6.07) is 3.80. The van der Waals surface area contributed by atoms with Gasteiger partial charge in [-0.05, 0) is 31.2 Å². The van der Waals surface area contributed by atoms with Gasteiger partial charge in [-0.15, -0.1) is 0 Å². The second-order valence-corrected chi connectivity index (χ2v) is 5.06. The van der Waals surface area contributed by atoms with Gasteiger partial charge in [-0.25, -0.2) is 0 Å². The fraction of sp³-hybridized carbons (Fsp3) is 0.615. The zero-order valence-electron chi connectivity index (χ0n) is 9.89. The van der Waals surface area contributed by atoms with Crippen molar-refractivity contribution in [1.82, 2.24) is 4.57 Å². The molecule has 2 rings (SSSR count). The molecule has 0 bridgehead atoms. The topological polar surface area (TPSA) is 42.2 Å². The minimum atomic E-state index is -0.341. The summed E-state index contributed by atoms with van der Waals surface area (Å²) >= 11 is 0. The Hall–Kier alpha value is -1.09. The van der Waals surface area contributed by atoms with E-state index in [1.54, 1.807) is 10.8 Å². The number of hydrogen-bond donors (Lipinski definition) is 1. The highest BCUT2D eigenvalue weighted by Crippen LogP contribution is 2.30. The largest absolute Gasteiger partial charge is 0.391 e. The minimum Gasteiger partial charge on any atom is -0.391 e. The predicted octanol–water partition coefficient (Wildman–Crippen LogP) is 1.74. The first-order valence-corrected chi connectivity index (χ1v) is 5.97. The smallest absolute Gasteiger partial charge is 0.254 e. The Kier molecular flexibility index (Phi) is 3.15. The van der Waals surface area contributed by atoms with Crippen molar-refractivity contribution in [1.29, 1.82) is 0 Å². The quantitative estimate of drug-likeness (QED) is 0.844. The maximum atomic E-state index is 12.1. The van der Waals surface area contributed by atoms with Gasteiger partial charge in [0.25, 0.3) is 5.56 Å². The summed E-state index contributed by atoms with van der Waals surface area (Å²) < 4.78 is 1.70. The van der Waals surface area contributed by atoms with Crippen molar-refractivity contribution in [2.75, 3.05) is 0 Å². The third-order valence-electron chi connectivity index (χ3n) is 3.24. The van der Waals surface area contributed by atoms with E-state index in [4.69, 9.17) is 0 Å². The molecule has 1 fully saturated rings. The summed E-state index contributed by atoms with van der Waals surface area (Å²) in [5.41, 5.74) is 0.927. The zero-order valence-corrected chi connectivity index (χ0v) is 9.89. The van der Waals surface area contributed by atoms with Crippen LogP contribution in [-0.2, 0) is 6.42 Å². The van der Waals surface area contributed by atoms with Crippen LogP contribution in [0.1, 0.15) is 38.3 Å². The first-order valence-electron chi connectivity index (χ1n) is 5.97. The highest BCUT2D eigenvalue weighted by molar-refractivity contribution is 5.12. The molecule has 1 aliphatic carbocycles. The van der Waals surface area contributed by atoms with E-state index < -0.39 is 0 Å². The van der Waals surface area contributed by atoms with E-state index in [1.807, 2.05) is 12.1 Å². The van der Waals surface area contributed by atoms with Crippen LogP contribution < -0.4 is 5.56 Å². The average Bonchev–Trinajstić information content (AvgIpc) is 2.21. The number of aromatic nitrogens is 1. The lowest BCUT2D eigenvalue weighted by atomic mass is 9.88. The molecule has 0 unspecified atom stereocenters. The summed E-state index contributed by atoms with van der Waals surface area (Å²) in [6.45, 7) is 4.21. The molecule has 0 spiro atoms. The van der Waals surface area contributed by atoms with E-state index in [0.29, 0.717) is 5.92 Å². The van der Waals surface area contributed by atoms with Gasteiger partial charge < -0.3 is 9.67 Å². The van der Waals surface area contributed by atoms with Crippen LogP contribution in [0.25, 0.3) is 0 Å². The highest BCUT2D eigenvalue weighted by Gasteiger charge is 2.31. The molecule has 1 saturated carbocycles. The second kappa shape index (κ2) is 4.42. The number of pyridine rings is 1. The molecule has 1 N–H and O–H groups in total. The second-order valence-electron chi connectivity index (χ2n) is 5.06. The third kappa shape index (κ3) is 2.05. The van der Waals surface area contributed by atoms with Crippen molar-refractivity contribution in [3.05, 3.63) is 34.2 Å². The predicted molar refractivity (Wildman–Crippen MR) is 63.5 cm³/mol. The number of aliphatic hydroxyl groups excluding tert-OH is 1. The summed E-state index contributed by atoms with van der Waals surface area (Å²) in [5, 5.41) is 9.60. The molecule has 1 aromatic rings. The van der Waals surface area contributed by atoms with E-state index in [0.717, 1.165) is 24.8 Å². The molecule has 0 saturated heterocycles. The molecule has 0 amide bonds. The molecule has 1 aliphatic rings. The lowest BCUT2D eigenvalue weighted by Gasteiger charge is -2.34. The number of nitrogens with zero attached hydrogens (tertiary/aromatic N) is 1. The maximum Gasteiger partial charge on any atom is 0.254 e. The third-order valence-corrected chi connectivity index (χ3v) is 3.24. The van der Waals surface area contributed by atoms with Gasteiger partial charge in [0.05, 0.1) is 12.1 Å². The molecule has 1 heterocycles. The van der Waals surface area contributed by atoms with E-state index in [-0.39, 0.29) is 17.7 Å². The Morgan fingerprint density at radius 1 is 1.50 bits per heavy atom. The molecule has 0 radical (unpaired) electrons. The van der Waals surface area contributed by atoms with Crippen LogP contribution in [0, 0.1) is 5.92 Å². The number of hydrogen-bond acceptors (Lipinski definition) is 2. The van der Waals surface area contributed by atoms with Gasteiger partial charge in [0, 0.05) is 11.8 Å². The van der Waals surface area contributed by atoms with Crippen molar-refractivity contribution < 1.29 is 5.11 Å². The van der Waals surface area contributed by atoms with Gasteiger partial charge >= 0.3 is 0 Å². The van der Waals surface area contributed by atoms with Gasteiger partial charge in [0.2, 0.25) is 0 Å². The normalized spacial score (nSPS) is 24.5. The fourth-order valence-corrected chi connectivity index (χ4v) is 2.20. The molecule has 0 aromatic carbocycles. The van der Waals surface area contributed by atoms with Crippen molar-refractivity contribution >= 4 is 0 Å². The first-order chi connectivity index (χ1) is 7.59. The van der Waals surface area contributed by atoms with E-state index in [9.17, 15) is 9.90 Å². The summed E-state index contributed by atoms with van der Waals surface area (Å²) in [7, 11) is 0. The van der Waals surface area contributed by atoms with Crippen LogP contribution in [0.4, 0.5) is 0 Å². The molecule has 3 nitrogen and oxygen atoms in total. The average molecular weight is 221 g/mol. The maximum absolute atomic E-state index is 12.1. The van der Waals surface area contributed by atoms with E-state index >= 15 is 0 Å². The fourth-order valence-electron chi connectivity index (χ4n) is 2.20. The van der Waals surface area contributed by atoms with Gasteiger partial charge in [0.15, 0.2) is 0 Å². The van der Waals surface area contributed by atoms with E-state index in [2.05, 4.69) is 13.8 Å². The van der Waals surface area contributed by atoms with Gasteiger partial charge in [-0.2, -0.15) is 0 Å². The standard InChI is InChI=1S/C13H19NO2/c1-9(2)8-10-4-3-7-14(13(10)16)11-5-6-12(11)15/h3-4,7,9,11-12,15H,5-6,8H2,1-2H3/t11-,12-/m1/s1. The summed E-state index contributed by atoms with van der Waals surface area (Å²) in [6.07, 6.45) is 3.98. The van der Waals surface area contributed by atoms with Crippen LogP contribution in [0.3, 0.4) is 0 Å². The Bertz CT molecular complexity index is 422. The van der Waals surface area contributed by atoms with Crippen molar-refractivity contribution in [2.24, 2.45) is 5.92 Å². The lowest BCUT2D eigenvalue weighted by molar-refractivity contribution is 0.0297. The van der Waals surface area contributed by atoms with Crippen molar-refractivity contribution in [2.45, 2.75) is 45.3 Å². The molecule has 88 valence electrons. The van der Waals surface area contributed by atoms with Gasteiger partial charge in [-0.3, -0.25) is 4.79 Å². The first kappa shape index (κ1) is 11.4. The van der Waals surface area contributed by atoms with Crippen LogP contribution in [0.2, 0.25) is 0 Å². The summed E-state index contributed by atoms with van der Waals surface area (Å²) in [5.74, 6) is 0.481. The molecule has 1 aromatic heterocycles. The van der Waals surface area contributed by atoms with Crippen LogP contribution in [0.15, 0.2) is 23.1 Å². The summed E-state index contributed by atoms with van der Waals surface area (Å²) in [4.78, 5) is 12.1. The van der Waals surface area contributed by atoms with Crippen LogP contribution in [-0.4, -0.2) is 15.8 Å². The Balaban J connectivity index is 2.29. The molecule has 16 heavy (non-hydrogen) atoms. The van der Waals surface area contributed by atoms with E-state index in [1.165, 1.54) is 0 Å². The van der Waals surface area contributed by atoms with Crippen molar-refractivity contribution in [3.8, 4) is 0 Å². The van der Waals surface area contributed by atoms with Crippen LogP contribution >= 0.6 is 0 Å². The molecule has 0 aliphatic heterocycles. The SMILES string of the molecule is CC(C)Cc1cccn([C@@H]2CC[C@H]2O)c1=O. The Morgan fingerprint density at radius 2 is 2.25 bits per heavy atom. The Labute approximate surface area is 95.7 Å². The molecule has 2 atom stereocenters. The van der Waals surface area contributed by atoms with Crippen LogP contribution in [0.5, 0.6) is 0 Å². The molecular formula is C13H19NO2. The van der Waals surface area contributed by atoms with Gasteiger partial charge in [-0.1, -0.05) is 19.9 Å². The number of aliphatic hydroxyl groups is 1.